The molecular weight excluding hydrogens is 284 g/mol. The average Bonchev–Trinajstić information content (AvgIpc) is 2.54. The number of carbonyl (C=O) groups is 2. The molecule has 3 N–H and O–H groups in total. The van der Waals surface area contributed by atoms with Crippen molar-refractivity contribution in [3.05, 3.63) is 54.1 Å². The Balaban J connectivity index is 1.95. The number of hydrogen-bond donors (Lipinski definition) is 3. The van der Waals surface area contributed by atoms with Crippen molar-refractivity contribution in [3.63, 3.8) is 0 Å². The van der Waals surface area contributed by atoms with Crippen LogP contribution in [-0.2, 0) is 16.1 Å². The summed E-state index contributed by atoms with van der Waals surface area (Å²) in [4.78, 5) is 23.6. The Labute approximate surface area is 127 Å². The van der Waals surface area contributed by atoms with Gasteiger partial charge in [0.25, 0.3) is 0 Å². The van der Waals surface area contributed by atoms with E-state index in [1.807, 2.05) is 12.1 Å². The van der Waals surface area contributed by atoms with Gasteiger partial charge < -0.3 is 20.5 Å². The summed E-state index contributed by atoms with van der Waals surface area (Å²) >= 11 is 0. The maximum atomic E-state index is 11.8. The van der Waals surface area contributed by atoms with E-state index >= 15 is 0 Å². The highest BCUT2D eigenvalue weighted by molar-refractivity contribution is 6.39. The summed E-state index contributed by atoms with van der Waals surface area (Å²) in [6.07, 6.45) is 0. The number of benzene rings is 2. The number of phenolic OH excluding ortho intramolecular Hbond substituents is 1. The van der Waals surface area contributed by atoms with Crippen molar-refractivity contribution >= 4 is 17.5 Å². The molecule has 2 aromatic rings. The molecule has 114 valence electrons. The van der Waals surface area contributed by atoms with Crippen LogP contribution in [0.3, 0.4) is 0 Å². The number of nitrogens with one attached hydrogen (secondary N) is 2. The van der Waals surface area contributed by atoms with E-state index in [2.05, 4.69) is 10.6 Å². The van der Waals surface area contributed by atoms with Crippen LogP contribution in [-0.4, -0.2) is 24.0 Å². The van der Waals surface area contributed by atoms with Gasteiger partial charge in [0.05, 0.1) is 12.8 Å². The summed E-state index contributed by atoms with van der Waals surface area (Å²) in [5.74, 6) is -1.12. The summed E-state index contributed by atoms with van der Waals surface area (Å²) in [7, 11) is 1.53. The van der Waals surface area contributed by atoms with Crippen molar-refractivity contribution in [2.75, 3.05) is 12.4 Å². The second-order valence-corrected chi connectivity index (χ2v) is 4.47. The lowest BCUT2D eigenvalue weighted by molar-refractivity contribution is -0.136. The first-order chi connectivity index (χ1) is 10.6. The third-order valence-electron chi connectivity index (χ3n) is 2.99. The minimum absolute atomic E-state index is 0.103. The number of anilines is 1. The van der Waals surface area contributed by atoms with E-state index in [4.69, 9.17) is 4.74 Å². The fraction of sp³-hybridized carbons (Fsp3) is 0.125. The van der Waals surface area contributed by atoms with E-state index in [0.717, 1.165) is 5.56 Å². The molecule has 6 heteroatoms. The van der Waals surface area contributed by atoms with Gasteiger partial charge in [-0.1, -0.05) is 30.3 Å². The second-order valence-electron chi connectivity index (χ2n) is 4.47. The van der Waals surface area contributed by atoms with E-state index in [0.29, 0.717) is 5.75 Å². The first-order valence-corrected chi connectivity index (χ1v) is 6.61. The molecule has 0 aliphatic carbocycles. The molecular formula is C16H16N2O4. The summed E-state index contributed by atoms with van der Waals surface area (Å²) in [5.41, 5.74) is 0.939. The van der Waals surface area contributed by atoms with E-state index in [9.17, 15) is 14.7 Å². The summed E-state index contributed by atoms with van der Waals surface area (Å²) in [6, 6.07) is 13.4. The number of aromatic hydroxyl groups is 1. The van der Waals surface area contributed by atoms with Gasteiger partial charge in [0.2, 0.25) is 0 Å². The lowest BCUT2D eigenvalue weighted by atomic mass is 10.2. The van der Waals surface area contributed by atoms with Crippen LogP contribution in [0.2, 0.25) is 0 Å². The summed E-state index contributed by atoms with van der Waals surface area (Å²) < 4.78 is 5.16. The van der Waals surface area contributed by atoms with Crippen LogP contribution in [0.4, 0.5) is 5.69 Å². The largest absolute Gasteiger partial charge is 0.506 e. The molecule has 0 saturated heterocycles. The maximum Gasteiger partial charge on any atom is 0.313 e. The molecule has 0 spiro atoms. The van der Waals surface area contributed by atoms with Crippen molar-refractivity contribution in [2.45, 2.75) is 6.54 Å². The first kappa shape index (κ1) is 15.4. The van der Waals surface area contributed by atoms with Crippen LogP contribution in [0, 0.1) is 0 Å². The fourth-order valence-electron chi connectivity index (χ4n) is 1.86. The molecule has 0 radical (unpaired) electrons. The lowest BCUT2D eigenvalue weighted by Crippen LogP contribution is -2.35. The zero-order valence-corrected chi connectivity index (χ0v) is 12.0. The Morgan fingerprint density at radius 1 is 1.05 bits per heavy atom. The molecule has 0 saturated carbocycles. The molecule has 0 heterocycles. The van der Waals surface area contributed by atoms with Crippen LogP contribution in [0.15, 0.2) is 48.5 Å². The lowest BCUT2D eigenvalue weighted by Gasteiger charge is -2.10. The molecule has 0 aliphatic rings. The standard InChI is InChI=1S/C16H16N2O4/c1-22-14-9-5-2-6-11(14)10-17-15(20)16(21)18-12-7-3-4-8-13(12)19/h2-9,19H,10H2,1H3,(H,17,20)(H,18,21). The van der Waals surface area contributed by atoms with Gasteiger partial charge in [-0.15, -0.1) is 0 Å². The Kier molecular flexibility index (Phi) is 4.98. The highest BCUT2D eigenvalue weighted by atomic mass is 16.5. The minimum atomic E-state index is -0.851. The van der Waals surface area contributed by atoms with Crippen LogP contribution >= 0.6 is 0 Å². The number of hydrogen-bond acceptors (Lipinski definition) is 4. The van der Waals surface area contributed by atoms with E-state index in [1.165, 1.54) is 19.2 Å². The van der Waals surface area contributed by atoms with Crippen LogP contribution in [0.1, 0.15) is 5.56 Å². The van der Waals surface area contributed by atoms with Gasteiger partial charge in [-0.25, -0.2) is 0 Å². The fourth-order valence-corrected chi connectivity index (χ4v) is 1.86. The number of rotatable bonds is 4. The SMILES string of the molecule is COc1ccccc1CNC(=O)C(=O)Nc1ccccc1O. The molecule has 0 aromatic heterocycles. The normalized spacial score (nSPS) is 9.86. The number of methoxy groups -OCH3 is 1. The quantitative estimate of drug-likeness (QED) is 0.592. The van der Waals surface area contributed by atoms with Gasteiger partial charge in [-0.05, 0) is 18.2 Å². The van der Waals surface area contributed by atoms with E-state index in [1.54, 1.807) is 24.3 Å². The van der Waals surface area contributed by atoms with Crippen molar-refractivity contribution < 1.29 is 19.4 Å². The van der Waals surface area contributed by atoms with Gasteiger partial charge in [0.1, 0.15) is 11.5 Å². The summed E-state index contributed by atoms with van der Waals surface area (Å²) in [5, 5.41) is 14.4. The van der Waals surface area contributed by atoms with Crippen molar-refractivity contribution in [1.29, 1.82) is 0 Å². The van der Waals surface area contributed by atoms with Crippen molar-refractivity contribution in [2.24, 2.45) is 0 Å². The predicted molar refractivity (Wildman–Crippen MR) is 81.6 cm³/mol. The summed E-state index contributed by atoms with van der Waals surface area (Å²) in [6.45, 7) is 0.164. The Morgan fingerprint density at radius 2 is 1.73 bits per heavy atom. The number of carbonyl (C=O) groups excluding carboxylic acids is 2. The van der Waals surface area contributed by atoms with E-state index < -0.39 is 11.8 Å². The highest BCUT2D eigenvalue weighted by Gasteiger charge is 2.15. The van der Waals surface area contributed by atoms with Crippen molar-refractivity contribution in [1.82, 2.24) is 5.32 Å². The van der Waals surface area contributed by atoms with Gasteiger partial charge in [0, 0.05) is 12.1 Å². The molecule has 0 atom stereocenters. The Hall–Kier alpha value is -3.02. The van der Waals surface area contributed by atoms with Gasteiger partial charge in [-0.2, -0.15) is 0 Å². The molecule has 0 aliphatic heterocycles. The average molecular weight is 300 g/mol. The minimum Gasteiger partial charge on any atom is -0.506 e. The van der Waals surface area contributed by atoms with Crippen LogP contribution in [0.25, 0.3) is 0 Å². The van der Waals surface area contributed by atoms with E-state index in [-0.39, 0.29) is 18.0 Å². The van der Waals surface area contributed by atoms with Gasteiger partial charge in [-0.3, -0.25) is 9.59 Å². The second kappa shape index (κ2) is 7.12. The van der Waals surface area contributed by atoms with Gasteiger partial charge in [0.15, 0.2) is 0 Å². The number of phenols is 1. The highest BCUT2D eigenvalue weighted by Crippen LogP contribution is 2.21. The molecule has 2 amide bonds. The maximum absolute atomic E-state index is 11.8. The molecule has 6 nitrogen and oxygen atoms in total. The van der Waals surface area contributed by atoms with Gasteiger partial charge >= 0.3 is 11.8 Å². The molecule has 0 fully saturated rings. The molecule has 2 rings (SSSR count). The van der Waals surface area contributed by atoms with Crippen LogP contribution in [0.5, 0.6) is 11.5 Å². The monoisotopic (exact) mass is 300 g/mol. The number of ether oxygens (including phenoxy) is 1. The number of para-hydroxylation sites is 3. The van der Waals surface area contributed by atoms with Crippen molar-refractivity contribution in [3.8, 4) is 11.5 Å². The molecule has 2 aromatic carbocycles. The van der Waals surface area contributed by atoms with Crippen LogP contribution < -0.4 is 15.4 Å². The third kappa shape index (κ3) is 3.76. The molecule has 0 bridgehead atoms. The first-order valence-electron chi connectivity index (χ1n) is 6.61. The zero-order chi connectivity index (χ0) is 15.9. The zero-order valence-electron chi connectivity index (χ0n) is 12.0. The Bertz CT molecular complexity index is 685. The predicted octanol–water partition coefficient (Wildman–Crippen LogP) is 1.66. The molecule has 22 heavy (non-hydrogen) atoms. The number of amides is 2. The topological polar surface area (TPSA) is 87.7 Å². The Morgan fingerprint density at radius 3 is 2.45 bits per heavy atom. The molecule has 0 unspecified atom stereocenters. The third-order valence-corrected chi connectivity index (χ3v) is 2.99. The smallest absolute Gasteiger partial charge is 0.313 e.